The Morgan fingerprint density at radius 3 is 1.82 bits per heavy atom. The number of Topliss-reactive ketones (excluding diaryl/α,β-unsaturated/α-hetero) is 1. The van der Waals surface area contributed by atoms with Gasteiger partial charge >= 0.3 is 5.97 Å². The molecule has 0 aliphatic rings. The van der Waals surface area contributed by atoms with Gasteiger partial charge in [-0.2, -0.15) is 0 Å². The highest BCUT2D eigenvalue weighted by Gasteiger charge is 2.19. The Balaban J connectivity index is 3.32. The third kappa shape index (κ3) is 11.3. The number of nitrogens with one attached hydrogen (secondary N) is 1. The van der Waals surface area contributed by atoms with E-state index in [1.54, 1.807) is 0 Å². The van der Waals surface area contributed by atoms with E-state index in [-0.39, 0.29) is 12.3 Å². The predicted molar refractivity (Wildman–Crippen MR) is 85.5 cm³/mol. The average molecular weight is 314 g/mol. The number of carbonyl (C=O) groups excluding carboxylic acids is 2. The molecule has 0 saturated heterocycles. The fourth-order valence-corrected chi connectivity index (χ4v) is 2.22. The SMILES string of the molecule is CCNC(=O)CCCCCCCCCCC(=O)C(N)C(=O)O. The van der Waals surface area contributed by atoms with Crippen molar-refractivity contribution in [2.75, 3.05) is 6.54 Å². The molecule has 1 amide bonds. The summed E-state index contributed by atoms with van der Waals surface area (Å²) in [6.45, 7) is 2.61. The summed E-state index contributed by atoms with van der Waals surface area (Å²) in [5.74, 6) is -1.51. The number of ketones is 1. The first-order chi connectivity index (χ1) is 10.5. The zero-order valence-electron chi connectivity index (χ0n) is 13.6. The lowest BCUT2D eigenvalue weighted by molar-refractivity contribution is -0.142. The lowest BCUT2D eigenvalue weighted by Crippen LogP contribution is -2.38. The Hall–Kier alpha value is -1.43. The van der Waals surface area contributed by atoms with E-state index in [0.717, 1.165) is 44.9 Å². The monoisotopic (exact) mass is 314 g/mol. The van der Waals surface area contributed by atoms with Gasteiger partial charge in [0.1, 0.15) is 0 Å². The molecule has 1 atom stereocenters. The zero-order valence-corrected chi connectivity index (χ0v) is 13.6. The molecule has 0 aromatic rings. The van der Waals surface area contributed by atoms with Crippen molar-refractivity contribution in [1.29, 1.82) is 0 Å². The Labute approximate surface area is 132 Å². The number of amides is 1. The molecule has 6 nitrogen and oxygen atoms in total. The van der Waals surface area contributed by atoms with E-state index in [2.05, 4.69) is 5.32 Å². The number of unbranched alkanes of at least 4 members (excludes halogenated alkanes) is 7. The summed E-state index contributed by atoms with van der Waals surface area (Å²) in [6, 6.07) is -1.37. The van der Waals surface area contributed by atoms with Crippen molar-refractivity contribution in [2.45, 2.75) is 77.2 Å². The van der Waals surface area contributed by atoms with E-state index in [1.807, 2.05) is 6.92 Å². The van der Waals surface area contributed by atoms with Gasteiger partial charge in [0.15, 0.2) is 11.8 Å². The van der Waals surface area contributed by atoms with Crippen LogP contribution in [0.2, 0.25) is 0 Å². The highest BCUT2D eigenvalue weighted by molar-refractivity contribution is 6.01. The molecule has 1 unspecified atom stereocenters. The summed E-state index contributed by atoms with van der Waals surface area (Å²) in [5, 5.41) is 11.4. The summed E-state index contributed by atoms with van der Waals surface area (Å²) in [7, 11) is 0. The minimum Gasteiger partial charge on any atom is -0.480 e. The van der Waals surface area contributed by atoms with Crippen molar-refractivity contribution < 1.29 is 19.5 Å². The van der Waals surface area contributed by atoms with Crippen LogP contribution in [0.15, 0.2) is 0 Å². The van der Waals surface area contributed by atoms with E-state index >= 15 is 0 Å². The Bertz CT molecular complexity index is 345. The summed E-state index contributed by atoms with van der Waals surface area (Å²) >= 11 is 0. The van der Waals surface area contributed by atoms with Crippen molar-refractivity contribution in [2.24, 2.45) is 5.73 Å². The van der Waals surface area contributed by atoms with Crippen LogP contribution in [-0.2, 0) is 14.4 Å². The number of aliphatic carboxylic acids is 1. The van der Waals surface area contributed by atoms with Crippen molar-refractivity contribution in [3.63, 3.8) is 0 Å². The normalized spacial score (nSPS) is 11.9. The quantitative estimate of drug-likeness (QED) is 0.335. The van der Waals surface area contributed by atoms with Crippen LogP contribution in [0.25, 0.3) is 0 Å². The summed E-state index contributed by atoms with van der Waals surface area (Å²) < 4.78 is 0. The molecule has 0 aliphatic carbocycles. The molecule has 22 heavy (non-hydrogen) atoms. The second kappa shape index (κ2) is 13.2. The van der Waals surface area contributed by atoms with Gasteiger partial charge in [0.2, 0.25) is 5.91 Å². The first kappa shape index (κ1) is 20.6. The zero-order chi connectivity index (χ0) is 16.8. The number of carbonyl (C=O) groups is 3. The van der Waals surface area contributed by atoms with Crippen LogP contribution in [0.1, 0.15) is 71.1 Å². The molecular formula is C16H30N2O4. The second-order valence-corrected chi connectivity index (χ2v) is 5.56. The molecule has 0 aromatic carbocycles. The van der Waals surface area contributed by atoms with Crippen LogP contribution < -0.4 is 11.1 Å². The molecular weight excluding hydrogens is 284 g/mol. The molecule has 0 saturated carbocycles. The fourth-order valence-electron chi connectivity index (χ4n) is 2.22. The molecule has 0 aromatic heterocycles. The van der Waals surface area contributed by atoms with Crippen molar-refractivity contribution in [3.8, 4) is 0 Å². The molecule has 0 radical (unpaired) electrons. The van der Waals surface area contributed by atoms with Gasteiger partial charge in [-0.25, -0.2) is 0 Å². The highest BCUT2D eigenvalue weighted by Crippen LogP contribution is 2.11. The fraction of sp³-hybridized carbons (Fsp3) is 0.812. The number of rotatable bonds is 14. The minimum absolute atomic E-state index is 0.131. The maximum absolute atomic E-state index is 11.4. The smallest absolute Gasteiger partial charge is 0.328 e. The van der Waals surface area contributed by atoms with Crippen LogP contribution in [0.4, 0.5) is 0 Å². The molecule has 6 heteroatoms. The molecule has 0 spiro atoms. The van der Waals surface area contributed by atoms with Gasteiger partial charge in [-0.05, 0) is 19.8 Å². The lowest BCUT2D eigenvalue weighted by atomic mass is 10.0. The van der Waals surface area contributed by atoms with E-state index in [0.29, 0.717) is 19.4 Å². The first-order valence-corrected chi connectivity index (χ1v) is 8.26. The minimum atomic E-state index is -1.37. The largest absolute Gasteiger partial charge is 0.480 e. The predicted octanol–water partition coefficient (Wildman–Crippen LogP) is 2.00. The summed E-state index contributed by atoms with van der Waals surface area (Å²) in [4.78, 5) is 33.1. The maximum atomic E-state index is 11.4. The standard InChI is InChI=1S/C16H30N2O4/c1-2-18-14(20)12-10-8-6-4-3-5-7-9-11-13(19)15(17)16(21)22/h15H,2-12,17H2,1H3,(H,18,20)(H,21,22). The van der Waals surface area contributed by atoms with Gasteiger partial charge in [0, 0.05) is 19.4 Å². The molecule has 4 N–H and O–H groups in total. The van der Waals surface area contributed by atoms with Gasteiger partial charge in [0.05, 0.1) is 0 Å². The average Bonchev–Trinajstić information content (AvgIpc) is 2.48. The van der Waals surface area contributed by atoms with E-state index in [1.165, 1.54) is 0 Å². The van der Waals surface area contributed by atoms with Crippen LogP contribution in [0, 0.1) is 0 Å². The maximum Gasteiger partial charge on any atom is 0.328 e. The van der Waals surface area contributed by atoms with Gasteiger partial charge in [-0.3, -0.25) is 14.4 Å². The number of hydrogen-bond donors (Lipinski definition) is 3. The molecule has 0 aliphatic heterocycles. The number of carboxylic acids is 1. The number of hydrogen-bond acceptors (Lipinski definition) is 4. The topological polar surface area (TPSA) is 109 Å². The van der Waals surface area contributed by atoms with Crippen molar-refractivity contribution >= 4 is 17.7 Å². The Kier molecular flexibility index (Phi) is 12.4. The Morgan fingerprint density at radius 1 is 0.909 bits per heavy atom. The number of carboxylic acid groups (broad SMARTS) is 1. The molecule has 0 rings (SSSR count). The van der Waals surface area contributed by atoms with Gasteiger partial charge in [0.25, 0.3) is 0 Å². The molecule has 0 fully saturated rings. The van der Waals surface area contributed by atoms with E-state index < -0.39 is 17.8 Å². The third-order valence-electron chi connectivity index (χ3n) is 3.56. The van der Waals surface area contributed by atoms with Crippen LogP contribution in [-0.4, -0.2) is 35.4 Å². The lowest BCUT2D eigenvalue weighted by Gasteiger charge is -2.05. The second-order valence-electron chi connectivity index (χ2n) is 5.56. The van der Waals surface area contributed by atoms with Gasteiger partial charge in [-0.15, -0.1) is 0 Å². The van der Waals surface area contributed by atoms with Crippen LogP contribution in [0.3, 0.4) is 0 Å². The highest BCUT2D eigenvalue weighted by atomic mass is 16.4. The van der Waals surface area contributed by atoms with Gasteiger partial charge < -0.3 is 16.2 Å². The Morgan fingerprint density at radius 2 is 1.36 bits per heavy atom. The van der Waals surface area contributed by atoms with E-state index in [9.17, 15) is 14.4 Å². The summed E-state index contributed by atoms with van der Waals surface area (Å²) in [6.07, 6.45) is 8.93. The molecule has 0 heterocycles. The summed E-state index contributed by atoms with van der Waals surface area (Å²) in [5.41, 5.74) is 5.23. The van der Waals surface area contributed by atoms with Crippen molar-refractivity contribution in [3.05, 3.63) is 0 Å². The van der Waals surface area contributed by atoms with E-state index in [4.69, 9.17) is 10.8 Å². The van der Waals surface area contributed by atoms with Crippen molar-refractivity contribution in [1.82, 2.24) is 5.32 Å². The molecule has 128 valence electrons. The first-order valence-electron chi connectivity index (χ1n) is 8.26. The van der Waals surface area contributed by atoms with Gasteiger partial charge in [-0.1, -0.05) is 38.5 Å². The van der Waals surface area contributed by atoms with Crippen LogP contribution >= 0.6 is 0 Å². The number of nitrogens with two attached hydrogens (primary N) is 1. The van der Waals surface area contributed by atoms with Crippen LogP contribution in [0.5, 0.6) is 0 Å². The third-order valence-corrected chi connectivity index (χ3v) is 3.56. The molecule has 0 bridgehead atoms.